The second-order valence-corrected chi connectivity index (χ2v) is 5.20. The molecule has 0 radical (unpaired) electrons. The van der Waals surface area contributed by atoms with Gasteiger partial charge >= 0.3 is 0 Å². The van der Waals surface area contributed by atoms with Crippen LogP contribution in [0.15, 0.2) is 54.6 Å². The molecule has 0 bridgehead atoms. The summed E-state index contributed by atoms with van der Waals surface area (Å²) in [5.41, 5.74) is 3.19. The highest BCUT2D eigenvalue weighted by molar-refractivity contribution is 5.63. The molecule has 0 heterocycles. The standard InChI is InChI=1S/C18H23NO2/c1-2-17(13-20)19-12-18(21)16-10-8-15(9-11-16)14-6-4-3-5-7-14/h3-11,17-21H,2,12-13H2,1H3. The molecule has 0 spiro atoms. The maximum atomic E-state index is 10.2. The number of hydrogen-bond acceptors (Lipinski definition) is 3. The Hall–Kier alpha value is -1.68. The second-order valence-electron chi connectivity index (χ2n) is 5.20. The predicted octanol–water partition coefficient (Wildman–Crippen LogP) is 2.75. The fourth-order valence-corrected chi connectivity index (χ4v) is 2.26. The topological polar surface area (TPSA) is 52.5 Å². The van der Waals surface area contributed by atoms with Crippen molar-refractivity contribution in [2.45, 2.75) is 25.5 Å². The van der Waals surface area contributed by atoms with E-state index in [9.17, 15) is 5.11 Å². The van der Waals surface area contributed by atoms with E-state index >= 15 is 0 Å². The lowest BCUT2D eigenvalue weighted by Gasteiger charge is -2.18. The Morgan fingerprint density at radius 3 is 2.14 bits per heavy atom. The average Bonchev–Trinajstić information content (AvgIpc) is 2.56. The molecule has 2 rings (SSSR count). The minimum atomic E-state index is -0.560. The molecular formula is C18H23NO2. The van der Waals surface area contributed by atoms with Crippen LogP contribution >= 0.6 is 0 Å². The first kappa shape index (κ1) is 15.7. The van der Waals surface area contributed by atoms with Gasteiger partial charge in [-0.05, 0) is 23.1 Å². The first-order valence-corrected chi connectivity index (χ1v) is 7.42. The number of benzene rings is 2. The van der Waals surface area contributed by atoms with Gasteiger partial charge in [0.25, 0.3) is 0 Å². The van der Waals surface area contributed by atoms with Crippen molar-refractivity contribution in [3.05, 3.63) is 60.2 Å². The zero-order chi connectivity index (χ0) is 15.1. The summed E-state index contributed by atoms with van der Waals surface area (Å²) in [5.74, 6) is 0. The first-order chi connectivity index (χ1) is 10.2. The molecule has 0 amide bonds. The van der Waals surface area contributed by atoms with Crippen LogP contribution in [0.2, 0.25) is 0 Å². The minimum absolute atomic E-state index is 0.0447. The highest BCUT2D eigenvalue weighted by Gasteiger charge is 2.10. The minimum Gasteiger partial charge on any atom is -0.395 e. The molecule has 3 nitrogen and oxygen atoms in total. The average molecular weight is 285 g/mol. The largest absolute Gasteiger partial charge is 0.395 e. The molecule has 3 heteroatoms. The Kier molecular flexibility index (Phi) is 5.93. The van der Waals surface area contributed by atoms with Crippen LogP contribution in [0.3, 0.4) is 0 Å². The maximum Gasteiger partial charge on any atom is 0.0914 e. The highest BCUT2D eigenvalue weighted by atomic mass is 16.3. The Bertz CT molecular complexity index is 521. The van der Waals surface area contributed by atoms with E-state index in [0.29, 0.717) is 6.54 Å². The van der Waals surface area contributed by atoms with Gasteiger partial charge in [0.05, 0.1) is 12.7 Å². The summed E-state index contributed by atoms with van der Waals surface area (Å²) in [5, 5.41) is 22.5. The summed E-state index contributed by atoms with van der Waals surface area (Å²) in [6.07, 6.45) is 0.284. The third-order valence-corrected chi connectivity index (χ3v) is 3.72. The quantitative estimate of drug-likeness (QED) is 0.733. The van der Waals surface area contributed by atoms with Gasteiger partial charge in [-0.3, -0.25) is 0 Å². The SMILES string of the molecule is CCC(CO)NCC(O)c1ccc(-c2ccccc2)cc1. The Morgan fingerprint density at radius 1 is 0.952 bits per heavy atom. The van der Waals surface area contributed by atoms with Crippen LogP contribution in [0.4, 0.5) is 0 Å². The summed E-state index contributed by atoms with van der Waals surface area (Å²) in [6, 6.07) is 18.2. The summed E-state index contributed by atoms with van der Waals surface area (Å²) in [4.78, 5) is 0. The Balaban J connectivity index is 1.98. The Morgan fingerprint density at radius 2 is 1.57 bits per heavy atom. The molecule has 0 aromatic heterocycles. The van der Waals surface area contributed by atoms with Gasteiger partial charge in [-0.1, -0.05) is 61.5 Å². The van der Waals surface area contributed by atoms with Crippen molar-refractivity contribution in [1.82, 2.24) is 5.32 Å². The number of nitrogens with one attached hydrogen (secondary N) is 1. The van der Waals surface area contributed by atoms with E-state index in [-0.39, 0.29) is 12.6 Å². The number of hydrogen-bond donors (Lipinski definition) is 3. The van der Waals surface area contributed by atoms with Crippen molar-refractivity contribution in [2.24, 2.45) is 0 Å². The molecule has 0 saturated heterocycles. The van der Waals surface area contributed by atoms with Crippen molar-refractivity contribution >= 4 is 0 Å². The van der Waals surface area contributed by atoms with Crippen LogP contribution in [0.25, 0.3) is 11.1 Å². The molecule has 0 saturated carbocycles. The normalized spacial score (nSPS) is 13.9. The molecule has 2 aromatic rings. The van der Waals surface area contributed by atoms with Gasteiger partial charge in [-0.15, -0.1) is 0 Å². The van der Waals surface area contributed by atoms with Crippen LogP contribution < -0.4 is 5.32 Å². The highest BCUT2D eigenvalue weighted by Crippen LogP contribution is 2.21. The molecule has 2 unspecified atom stereocenters. The van der Waals surface area contributed by atoms with Crippen molar-refractivity contribution in [3.63, 3.8) is 0 Å². The molecule has 112 valence electrons. The van der Waals surface area contributed by atoms with Gasteiger partial charge in [-0.2, -0.15) is 0 Å². The van der Waals surface area contributed by atoms with Gasteiger partial charge in [0, 0.05) is 12.6 Å². The van der Waals surface area contributed by atoms with Crippen LogP contribution in [0.5, 0.6) is 0 Å². The second kappa shape index (κ2) is 7.93. The van der Waals surface area contributed by atoms with E-state index in [2.05, 4.69) is 17.4 Å². The molecule has 0 aliphatic heterocycles. The van der Waals surface area contributed by atoms with Crippen molar-refractivity contribution in [2.75, 3.05) is 13.2 Å². The van der Waals surface area contributed by atoms with Crippen LogP contribution in [-0.4, -0.2) is 29.4 Å². The fraction of sp³-hybridized carbons (Fsp3) is 0.333. The predicted molar refractivity (Wildman–Crippen MR) is 86.0 cm³/mol. The third kappa shape index (κ3) is 4.39. The van der Waals surface area contributed by atoms with Crippen LogP contribution in [-0.2, 0) is 0 Å². The van der Waals surface area contributed by atoms with E-state index in [4.69, 9.17) is 5.11 Å². The summed E-state index contributed by atoms with van der Waals surface area (Å²) in [6.45, 7) is 2.55. The molecular weight excluding hydrogens is 262 g/mol. The van der Waals surface area contributed by atoms with E-state index in [1.807, 2.05) is 49.4 Å². The molecule has 0 fully saturated rings. The van der Waals surface area contributed by atoms with Gasteiger partial charge in [0.15, 0.2) is 0 Å². The lowest BCUT2D eigenvalue weighted by atomic mass is 10.0. The number of aliphatic hydroxyl groups is 2. The lowest BCUT2D eigenvalue weighted by Crippen LogP contribution is -2.34. The van der Waals surface area contributed by atoms with Gasteiger partial charge < -0.3 is 15.5 Å². The van der Waals surface area contributed by atoms with Gasteiger partial charge in [-0.25, -0.2) is 0 Å². The Labute approximate surface area is 126 Å². The lowest BCUT2D eigenvalue weighted by molar-refractivity contribution is 0.158. The first-order valence-electron chi connectivity index (χ1n) is 7.42. The molecule has 3 N–H and O–H groups in total. The number of rotatable bonds is 7. The number of aliphatic hydroxyl groups excluding tert-OH is 2. The monoisotopic (exact) mass is 285 g/mol. The van der Waals surface area contributed by atoms with Crippen LogP contribution in [0.1, 0.15) is 25.0 Å². The zero-order valence-corrected chi connectivity index (χ0v) is 12.4. The van der Waals surface area contributed by atoms with E-state index in [0.717, 1.165) is 17.5 Å². The third-order valence-electron chi connectivity index (χ3n) is 3.72. The molecule has 2 aromatic carbocycles. The zero-order valence-electron chi connectivity index (χ0n) is 12.4. The van der Waals surface area contributed by atoms with E-state index in [1.165, 1.54) is 5.56 Å². The van der Waals surface area contributed by atoms with E-state index < -0.39 is 6.10 Å². The van der Waals surface area contributed by atoms with Gasteiger partial charge in [0.1, 0.15) is 0 Å². The van der Waals surface area contributed by atoms with Crippen molar-refractivity contribution < 1.29 is 10.2 Å². The maximum absolute atomic E-state index is 10.2. The molecule has 0 aliphatic carbocycles. The van der Waals surface area contributed by atoms with Gasteiger partial charge in [0.2, 0.25) is 0 Å². The summed E-state index contributed by atoms with van der Waals surface area (Å²) in [7, 11) is 0. The molecule has 21 heavy (non-hydrogen) atoms. The summed E-state index contributed by atoms with van der Waals surface area (Å²) < 4.78 is 0. The van der Waals surface area contributed by atoms with Crippen molar-refractivity contribution in [3.8, 4) is 11.1 Å². The molecule has 0 aliphatic rings. The van der Waals surface area contributed by atoms with Crippen molar-refractivity contribution in [1.29, 1.82) is 0 Å². The fourth-order valence-electron chi connectivity index (χ4n) is 2.26. The van der Waals surface area contributed by atoms with Crippen LogP contribution in [0, 0.1) is 0 Å². The summed E-state index contributed by atoms with van der Waals surface area (Å²) >= 11 is 0. The smallest absolute Gasteiger partial charge is 0.0914 e. The van der Waals surface area contributed by atoms with E-state index in [1.54, 1.807) is 0 Å². The molecule has 2 atom stereocenters.